The van der Waals surface area contributed by atoms with Crippen molar-refractivity contribution in [1.82, 2.24) is 29.1 Å². The number of nitrogen functional groups attached to an aromatic ring is 1. The molecule has 0 atom stereocenters. The minimum absolute atomic E-state index is 0.121. The number of nitrogens with one attached hydrogen (secondary N) is 3. The quantitative estimate of drug-likeness (QED) is 0.0300. The van der Waals surface area contributed by atoms with Crippen LogP contribution >= 0.6 is 11.8 Å². The van der Waals surface area contributed by atoms with Crippen LogP contribution in [0.2, 0.25) is 0 Å². The first-order valence-corrected chi connectivity index (χ1v) is 21.2. The second-order valence-electron chi connectivity index (χ2n) is 14.9. The number of aryl methyl sites for hydroxylation is 2. The van der Waals surface area contributed by atoms with E-state index in [2.05, 4.69) is 26.1 Å². The molecule has 9 N–H and O–H groups in total. The summed E-state index contributed by atoms with van der Waals surface area (Å²) >= 11 is 1.69. The maximum atomic E-state index is 13.6. The molecule has 0 aliphatic carbocycles. The number of hydrogen-bond acceptors (Lipinski definition) is 13. The second kappa shape index (κ2) is 21.0. The minimum Gasteiger partial charge on any atom is -0.491 e. The van der Waals surface area contributed by atoms with Crippen molar-refractivity contribution in [3.05, 3.63) is 89.5 Å². The number of carbonyl (C=O) groups excluding carboxylic acids is 4. The first kappa shape index (κ1) is 46.1. The van der Waals surface area contributed by atoms with Crippen molar-refractivity contribution in [2.45, 2.75) is 66.3 Å². The third-order valence-electron chi connectivity index (χ3n) is 8.84. The normalized spacial score (nSPS) is 11.6. The highest BCUT2D eigenvalue weighted by Crippen LogP contribution is 2.34. The standard InChI is InChI=1S/C42H54N12O7S/c1-7-54-32(19-26(2)51-54)39(57)50-40-49-31-21-28(38(45)56)23-34(60-17-12-18-62-6)36(31)53(40)15-9-8-13-46-35-30(43)20-27(37(44)55)22-33(35)59-16-11-10-14-52-25-29(24-47-52)48-41(58)61-42(3,4)5/h8-11,19-25,46H,7,12-18,43H2,1-6H3,(H2,44,55)(H2,45,56)(H,48,58)(H,49,50,57)/b9-8+,11-10+. The lowest BCUT2D eigenvalue weighted by atomic mass is 10.1. The fourth-order valence-corrected chi connectivity index (χ4v) is 6.53. The molecule has 2 aromatic carbocycles. The maximum Gasteiger partial charge on any atom is 0.412 e. The molecule has 5 rings (SSSR count). The lowest BCUT2D eigenvalue weighted by Crippen LogP contribution is -2.27. The fourth-order valence-electron chi connectivity index (χ4n) is 6.12. The van der Waals surface area contributed by atoms with Gasteiger partial charge in [-0.25, -0.2) is 9.78 Å². The number of allylic oxidation sites excluding steroid dienone is 2. The Bertz CT molecular complexity index is 2460. The molecule has 0 radical (unpaired) electrons. The predicted octanol–water partition coefficient (Wildman–Crippen LogP) is 5.57. The number of imidazole rings is 1. The number of nitrogens with two attached hydrogens (primary N) is 3. The fraction of sp³-hybridized carbons (Fsp3) is 0.357. The van der Waals surface area contributed by atoms with Gasteiger partial charge >= 0.3 is 6.09 Å². The number of thioether (sulfide) groups is 1. The van der Waals surface area contributed by atoms with E-state index in [-0.39, 0.29) is 42.5 Å². The molecule has 3 aromatic heterocycles. The molecule has 0 spiro atoms. The van der Waals surface area contributed by atoms with Crippen molar-refractivity contribution >= 4 is 69.6 Å². The van der Waals surface area contributed by atoms with Gasteiger partial charge in [0, 0.05) is 37.0 Å². The van der Waals surface area contributed by atoms with Crippen molar-refractivity contribution in [2.24, 2.45) is 11.5 Å². The average Bonchev–Trinajstić information content (AvgIpc) is 3.92. The third kappa shape index (κ3) is 12.5. The number of anilines is 4. The van der Waals surface area contributed by atoms with Crippen LogP contribution in [0.1, 0.15) is 71.0 Å². The van der Waals surface area contributed by atoms with Crippen molar-refractivity contribution in [3.63, 3.8) is 0 Å². The molecule has 330 valence electrons. The zero-order valence-electron chi connectivity index (χ0n) is 35.7. The highest BCUT2D eigenvalue weighted by atomic mass is 32.2. The molecule has 0 bridgehead atoms. The van der Waals surface area contributed by atoms with E-state index in [0.717, 1.165) is 12.2 Å². The summed E-state index contributed by atoms with van der Waals surface area (Å²) in [6, 6.07) is 7.84. The van der Waals surface area contributed by atoms with Crippen molar-refractivity contribution in [2.75, 3.05) is 53.5 Å². The number of hydrogen-bond donors (Lipinski definition) is 6. The summed E-state index contributed by atoms with van der Waals surface area (Å²) in [6.07, 6.45) is 12.7. The van der Waals surface area contributed by atoms with Crippen LogP contribution in [0.4, 0.5) is 27.8 Å². The van der Waals surface area contributed by atoms with Crippen molar-refractivity contribution in [1.29, 1.82) is 0 Å². The van der Waals surface area contributed by atoms with Crippen LogP contribution in [0.15, 0.2) is 67.0 Å². The summed E-state index contributed by atoms with van der Waals surface area (Å²) < 4.78 is 22.5. The molecular formula is C42H54N12O7S. The van der Waals surface area contributed by atoms with Gasteiger partial charge in [0.25, 0.3) is 5.91 Å². The van der Waals surface area contributed by atoms with E-state index in [1.54, 1.807) is 76.9 Å². The Kier molecular flexibility index (Phi) is 15.6. The van der Waals surface area contributed by atoms with Gasteiger partial charge in [0.05, 0.1) is 41.9 Å². The Morgan fingerprint density at radius 3 is 2.35 bits per heavy atom. The molecular weight excluding hydrogens is 817 g/mol. The van der Waals surface area contributed by atoms with Gasteiger partial charge in [-0.1, -0.05) is 18.2 Å². The molecule has 0 saturated carbocycles. The van der Waals surface area contributed by atoms with Crippen molar-refractivity contribution in [3.8, 4) is 11.5 Å². The van der Waals surface area contributed by atoms with Gasteiger partial charge in [-0.2, -0.15) is 22.0 Å². The van der Waals surface area contributed by atoms with Crippen LogP contribution in [-0.2, 0) is 24.4 Å². The zero-order chi connectivity index (χ0) is 45.0. The summed E-state index contributed by atoms with van der Waals surface area (Å²) in [5, 5.41) is 17.5. The Balaban J connectivity index is 1.32. The summed E-state index contributed by atoms with van der Waals surface area (Å²) in [5.41, 5.74) is 20.6. The van der Waals surface area contributed by atoms with Gasteiger partial charge in [-0.05, 0) is 89.5 Å². The number of aromatic nitrogens is 6. The van der Waals surface area contributed by atoms with Gasteiger partial charge in [0.15, 0.2) is 0 Å². The first-order valence-electron chi connectivity index (χ1n) is 19.8. The molecule has 5 aromatic rings. The number of amides is 4. The molecule has 0 saturated heterocycles. The molecule has 0 fully saturated rings. The Morgan fingerprint density at radius 1 is 0.919 bits per heavy atom. The Hall–Kier alpha value is -6.96. The predicted molar refractivity (Wildman–Crippen MR) is 241 cm³/mol. The lowest BCUT2D eigenvalue weighted by Gasteiger charge is -2.19. The number of benzene rings is 2. The van der Waals surface area contributed by atoms with Crippen LogP contribution in [-0.4, -0.2) is 90.3 Å². The molecule has 4 amide bonds. The van der Waals surface area contributed by atoms with Crippen molar-refractivity contribution < 1.29 is 33.4 Å². The highest BCUT2D eigenvalue weighted by molar-refractivity contribution is 7.98. The summed E-state index contributed by atoms with van der Waals surface area (Å²) in [6.45, 7) is 10.9. The van der Waals surface area contributed by atoms with Crippen LogP contribution in [0.25, 0.3) is 11.0 Å². The van der Waals surface area contributed by atoms with E-state index in [0.29, 0.717) is 65.0 Å². The smallest absolute Gasteiger partial charge is 0.412 e. The number of nitrogens with zero attached hydrogens (tertiary/aromatic N) is 6. The van der Waals surface area contributed by atoms with Crippen LogP contribution in [0.3, 0.4) is 0 Å². The number of carbonyl (C=O) groups is 4. The third-order valence-corrected chi connectivity index (χ3v) is 9.54. The monoisotopic (exact) mass is 870 g/mol. The molecule has 19 nitrogen and oxygen atoms in total. The van der Waals surface area contributed by atoms with Crippen LogP contribution in [0, 0.1) is 6.92 Å². The highest BCUT2D eigenvalue weighted by Gasteiger charge is 2.22. The number of ether oxygens (including phenoxy) is 3. The van der Waals surface area contributed by atoms with Crippen LogP contribution < -0.4 is 42.6 Å². The van der Waals surface area contributed by atoms with Gasteiger partial charge in [0.1, 0.15) is 40.6 Å². The Labute approximate surface area is 363 Å². The summed E-state index contributed by atoms with van der Waals surface area (Å²) in [5.74, 6) is 0.0834. The molecule has 20 heteroatoms. The van der Waals surface area contributed by atoms with E-state index in [1.807, 2.05) is 38.3 Å². The largest absolute Gasteiger partial charge is 0.491 e. The van der Waals surface area contributed by atoms with E-state index < -0.39 is 29.4 Å². The van der Waals surface area contributed by atoms with Gasteiger partial charge in [0.2, 0.25) is 17.8 Å². The zero-order valence-corrected chi connectivity index (χ0v) is 36.5. The van der Waals surface area contributed by atoms with Gasteiger partial charge < -0.3 is 41.3 Å². The number of fused-ring (bicyclic) bond motifs is 1. The second-order valence-corrected chi connectivity index (χ2v) is 15.9. The summed E-state index contributed by atoms with van der Waals surface area (Å²) in [7, 11) is 0. The molecule has 0 aliphatic rings. The average molecular weight is 871 g/mol. The van der Waals surface area contributed by atoms with E-state index >= 15 is 0 Å². The molecule has 62 heavy (non-hydrogen) atoms. The van der Waals surface area contributed by atoms with Gasteiger partial charge in [-0.3, -0.25) is 34.4 Å². The number of primary amides is 2. The Morgan fingerprint density at radius 2 is 1.65 bits per heavy atom. The molecule has 0 aliphatic heterocycles. The first-order chi connectivity index (χ1) is 29.6. The molecule has 3 heterocycles. The maximum absolute atomic E-state index is 13.6. The van der Waals surface area contributed by atoms with E-state index in [1.165, 1.54) is 18.3 Å². The van der Waals surface area contributed by atoms with E-state index in [9.17, 15) is 19.2 Å². The van der Waals surface area contributed by atoms with Crippen LogP contribution in [0.5, 0.6) is 11.5 Å². The molecule has 0 unspecified atom stereocenters. The number of rotatable bonds is 21. The van der Waals surface area contributed by atoms with E-state index in [4.69, 9.17) is 36.4 Å². The topological polar surface area (TPSA) is 264 Å². The summed E-state index contributed by atoms with van der Waals surface area (Å²) in [4.78, 5) is 54.9. The lowest BCUT2D eigenvalue weighted by molar-refractivity contribution is 0.0635. The SMILES string of the molecule is CCn1nc(C)cc1C(=O)Nc1nc2cc(C(N)=O)cc(OCCCSC)c2n1C/C=C/CNc1c(N)cc(C(N)=O)cc1OC/C=C/Cn1cc(NC(=O)OC(C)(C)C)cn1. The minimum atomic E-state index is -0.668. The van der Waals surface area contributed by atoms with Gasteiger partial charge in [-0.15, -0.1) is 0 Å².